The fourth-order valence-electron chi connectivity index (χ4n) is 0.772. The Balaban J connectivity index is 0.00000169. The molecule has 6 heteroatoms. The zero-order valence-electron chi connectivity index (χ0n) is 7.74. The van der Waals surface area contributed by atoms with Crippen molar-refractivity contribution in [3.05, 3.63) is 15.3 Å². The number of esters is 1. The van der Waals surface area contributed by atoms with Gasteiger partial charge in [0, 0.05) is 5.38 Å². The number of thiophene rings is 1. The van der Waals surface area contributed by atoms with Gasteiger partial charge < -0.3 is 10.5 Å². The normalized spacial score (nSPS) is 9.71. The van der Waals surface area contributed by atoms with E-state index in [1.54, 1.807) is 19.2 Å². The van der Waals surface area contributed by atoms with Crippen LogP contribution in [0.15, 0.2) is 5.38 Å². The molecule has 1 aromatic rings. The summed E-state index contributed by atoms with van der Waals surface area (Å²) in [6.45, 7) is 3.56. The lowest BCUT2D eigenvalue weighted by atomic mass is 10.4. The van der Waals surface area contributed by atoms with E-state index in [0.29, 0.717) is 15.6 Å². The first-order valence-corrected chi connectivity index (χ1v) is 5.01. The van der Waals surface area contributed by atoms with E-state index in [0.717, 1.165) is 0 Å². The van der Waals surface area contributed by atoms with E-state index in [1.165, 1.54) is 11.3 Å². The van der Waals surface area contributed by atoms with E-state index in [1.807, 2.05) is 0 Å². The molecular weight excluding hydrogens is 245 g/mol. The summed E-state index contributed by atoms with van der Waals surface area (Å²) in [5.41, 5.74) is 5.86. The molecule has 0 amide bonds. The Morgan fingerprint density at radius 1 is 1.64 bits per heavy atom. The van der Waals surface area contributed by atoms with Gasteiger partial charge in [-0.3, -0.25) is 0 Å². The van der Waals surface area contributed by atoms with Gasteiger partial charge in [-0.1, -0.05) is 11.6 Å². The van der Waals surface area contributed by atoms with Gasteiger partial charge in [0.1, 0.15) is 4.88 Å². The van der Waals surface area contributed by atoms with E-state index in [9.17, 15) is 4.79 Å². The van der Waals surface area contributed by atoms with Crippen LogP contribution in [0.3, 0.4) is 0 Å². The molecule has 14 heavy (non-hydrogen) atoms. The number of hydrogen-bond acceptors (Lipinski definition) is 4. The molecule has 3 nitrogen and oxygen atoms in total. The third-order valence-electron chi connectivity index (χ3n) is 1.31. The van der Waals surface area contributed by atoms with Crippen LogP contribution >= 0.6 is 35.3 Å². The number of carbonyl (C=O) groups is 1. The molecule has 80 valence electrons. The first-order chi connectivity index (χ1) is 6.02. The van der Waals surface area contributed by atoms with Gasteiger partial charge in [0.05, 0.1) is 16.8 Å². The predicted octanol–water partition coefficient (Wildman–Crippen LogP) is 2.97. The highest BCUT2D eigenvalue weighted by molar-refractivity contribution is 7.13. The van der Waals surface area contributed by atoms with E-state index in [4.69, 9.17) is 22.1 Å². The van der Waals surface area contributed by atoms with Crippen LogP contribution in [0.1, 0.15) is 23.5 Å². The van der Waals surface area contributed by atoms with Crippen LogP contribution in [0.2, 0.25) is 5.02 Å². The molecule has 1 heterocycles. The average molecular weight is 256 g/mol. The summed E-state index contributed by atoms with van der Waals surface area (Å²) in [4.78, 5) is 11.7. The number of ether oxygens (including phenoxy) is 1. The van der Waals surface area contributed by atoms with Crippen LogP contribution in [0.4, 0.5) is 5.69 Å². The highest BCUT2D eigenvalue weighted by atomic mass is 35.5. The van der Waals surface area contributed by atoms with Crippen LogP contribution < -0.4 is 5.73 Å². The molecule has 0 spiro atoms. The molecule has 0 unspecified atom stereocenters. The standard InChI is InChI=1S/C8H10ClNO2S.ClH/c1-4(2)12-8(11)7-6(10)5(9)3-13-7;/h3-4H,10H2,1-2H3;1H. The number of anilines is 1. The third kappa shape index (κ3) is 3.04. The molecule has 1 rings (SSSR count). The minimum absolute atomic E-state index is 0. The molecule has 2 N–H and O–H groups in total. The molecule has 0 aromatic carbocycles. The van der Waals surface area contributed by atoms with Crippen molar-refractivity contribution in [2.45, 2.75) is 20.0 Å². The van der Waals surface area contributed by atoms with Gasteiger partial charge in [-0.2, -0.15) is 0 Å². The third-order valence-corrected chi connectivity index (χ3v) is 2.73. The summed E-state index contributed by atoms with van der Waals surface area (Å²) in [5, 5.41) is 2.02. The van der Waals surface area contributed by atoms with Crippen LogP contribution in [0.5, 0.6) is 0 Å². The Morgan fingerprint density at radius 3 is 2.57 bits per heavy atom. The summed E-state index contributed by atoms with van der Waals surface area (Å²) in [7, 11) is 0. The minimum atomic E-state index is -0.413. The number of hydrogen-bond donors (Lipinski definition) is 1. The van der Waals surface area contributed by atoms with Crippen LogP contribution in [-0.4, -0.2) is 12.1 Å². The van der Waals surface area contributed by atoms with Crippen molar-refractivity contribution in [3.63, 3.8) is 0 Å². The van der Waals surface area contributed by atoms with Crippen molar-refractivity contribution in [2.24, 2.45) is 0 Å². The molecule has 1 aromatic heterocycles. The molecule has 0 bridgehead atoms. The van der Waals surface area contributed by atoms with Gasteiger partial charge in [0.2, 0.25) is 0 Å². The van der Waals surface area contributed by atoms with Crippen molar-refractivity contribution in [2.75, 3.05) is 5.73 Å². The van der Waals surface area contributed by atoms with Gasteiger partial charge >= 0.3 is 5.97 Å². The van der Waals surface area contributed by atoms with Gasteiger partial charge in [0.15, 0.2) is 0 Å². The molecular formula is C8H11Cl2NO2S. The molecule has 0 fully saturated rings. The minimum Gasteiger partial charge on any atom is -0.459 e. The van der Waals surface area contributed by atoms with E-state index in [-0.39, 0.29) is 18.5 Å². The zero-order chi connectivity index (χ0) is 10.0. The molecule has 0 saturated heterocycles. The van der Waals surface area contributed by atoms with Crippen molar-refractivity contribution >= 4 is 47.0 Å². The highest BCUT2D eigenvalue weighted by Crippen LogP contribution is 2.30. The Morgan fingerprint density at radius 2 is 2.21 bits per heavy atom. The van der Waals surface area contributed by atoms with Gasteiger partial charge in [-0.05, 0) is 13.8 Å². The second-order valence-electron chi connectivity index (χ2n) is 2.78. The monoisotopic (exact) mass is 255 g/mol. The first-order valence-electron chi connectivity index (χ1n) is 3.75. The van der Waals surface area contributed by atoms with Crippen molar-refractivity contribution in [1.82, 2.24) is 0 Å². The topological polar surface area (TPSA) is 52.3 Å². The largest absolute Gasteiger partial charge is 0.459 e. The van der Waals surface area contributed by atoms with Crippen molar-refractivity contribution in [1.29, 1.82) is 0 Å². The summed E-state index contributed by atoms with van der Waals surface area (Å²) < 4.78 is 4.96. The molecule has 0 atom stereocenters. The summed E-state index contributed by atoms with van der Waals surface area (Å²) >= 11 is 6.88. The summed E-state index contributed by atoms with van der Waals surface area (Å²) in [6, 6.07) is 0. The van der Waals surface area contributed by atoms with E-state index >= 15 is 0 Å². The Labute approximate surface area is 97.6 Å². The molecule has 0 radical (unpaired) electrons. The lowest BCUT2D eigenvalue weighted by molar-refractivity contribution is 0.0385. The fourth-order valence-corrected chi connectivity index (χ4v) is 1.79. The van der Waals surface area contributed by atoms with E-state index < -0.39 is 5.97 Å². The second-order valence-corrected chi connectivity index (χ2v) is 4.07. The van der Waals surface area contributed by atoms with Crippen LogP contribution in [0, 0.1) is 0 Å². The molecule has 0 aliphatic rings. The SMILES string of the molecule is CC(C)OC(=O)c1scc(Cl)c1N.Cl. The van der Waals surface area contributed by atoms with Gasteiger partial charge in [-0.15, -0.1) is 23.7 Å². The number of rotatable bonds is 2. The molecule has 0 aliphatic heterocycles. The lowest BCUT2D eigenvalue weighted by Crippen LogP contribution is -2.11. The lowest BCUT2D eigenvalue weighted by Gasteiger charge is -2.06. The maximum atomic E-state index is 11.3. The number of carbonyl (C=O) groups excluding carboxylic acids is 1. The van der Waals surface area contributed by atoms with Gasteiger partial charge in [0.25, 0.3) is 0 Å². The molecule has 0 aliphatic carbocycles. The van der Waals surface area contributed by atoms with E-state index in [2.05, 4.69) is 0 Å². The zero-order valence-corrected chi connectivity index (χ0v) is 10.1. The quantitative estimate of drug-likeness (QED) is 0.827. The second kappa shape index (κ2) is 5.44. The predicted molar refractivity (Wildman–Crippen MR) is 61.5 cm³/mol. The number of halogens is 2. The Hall–Kier alpha value is -0.450. The van der Waals surface area contributed by atoms with Crippen molar-refractivity contribution < 1.29 is 9.53 Å². The first kappa shape index (κ1) is 13.5. The summed E-state index contributed by atoms with van der Waals surface area (Å²) in [5.74, 6) is -0.413. The van der Waals surface area contributed by atoms with Crippen LogP contribution in [0.25, 0.3) is 0 Å². The number of nitrogens with two attached hydrogens (primary N) is 1. The fraction of sp³-hybridized carbons (Fsp3) is 0.375. The smallest absolute Gasteiger partial charge is 0.350 e. The Bertz CT molecular complexity index is 325. The maximum Gasteiger partial charge on any atom is 0.350 e. The van der Waals surface area contributed by atoms with Crippen molar-refractivity contribution in [3.8, 4) is 0 Å². The summed E-state index contributed by atoms with van der Waals surface area (Å²) in [6.07, 6.45) is -0.146. The number of nitrogen functional groups attached to an aromatic ring is 1. The molecule has 0 saturated carbocycles. The maximum absolute atomic E-state index is 11.3. The van der Waals surface area contributed by atoms with Gasteiger partial charge in [-0.25, -0.2) is 4.79 Å². The van der Waals surface area contributed by atoms with Crippen LogP contribution in [-0.2, 0) is 4.74 Å². The Kier molecular flexibility index (Phi) is 5.26. The average Bonchev–Trinajstić information content (AvgIpc) is 2.31. The highest BCUT2D eigenvalue weighted by Gasteiger charge is 2.16.